The molecule has 1 aliphatic rings. The number of rotatable bonds is 1. The van der Waals surface area contributed by atoms with Gasteiger partial charge in [-0.1, -0.05) is 19.1 Å². The van der Waals surface area contributed by atoms with Crippen LogP contribution in [0.1, 0.15) is 17.3 Å². The zero-order valence-electron chi connectivity index (χ0n) is 9.14. The van der Waals surface area contributed by atoms with E-state index in [4.69, 9.17) is 0 Å². The molecule has 2 rings (SSSR count). The van der Waals surface area contributed by atoms with Gasteiger partial charge in [-0.3, -0.25) is 9.59 Å². The maximum atomic E-state index is 12.0. The van der Waals surface area contributed by atoms with Gasteiger partial charge < -0.3 is 9.88 Å². The molecular formula is C12H14N2O2. The molecule has 4 nitrogen and oxygen atoms in total. The molecule has 0 radical (unpaired) electrons. The fourth-order valence-corrected chi connectivity index (χ4v) is 1.83. The van der Waals surface area contributed by atoms with Crippen LogP contribution in [0.5, 0.6) is 0 Å². The van der Waals surface area contributed by atoms with Gasteiger partial charge in [0.1, 0.15) is 0 Å². The van der Waals surface area contributed by atoms with Crippen LogP contribution in [0, 0.1) is 5.92 Å². The largest absolute Gasteiger partial charge is 0.334 e. The van der Waals surface area contributed by atoms with Crippen LogP contribution in [0.3, 0.4) is 0 Å². The predicted molar refractivity (Wildman–Crippen MR) is 61.3 cm³/mol. The maximum Gasteiger partial charge on any atom is 0.254 e. The van der Waals surface area contributed by atoms with Gasteiger partial charge in [-0.25, -0.2) is 0 Å². The van der Waals surface area contributed by atoms with E-state index in [0.717, 1.165) is 0 Å². The van der Waals surface area contributed by atoms with Crippen molar-refractivity contribution in [2.45, 2.75) is 6.92 Å². The quantitative estimate of drug-likeness (QED) is 0.715. The van der Waals surface area contributed by atoms with Crippen LogP contribution in [0.4, 0.5) is 0 Å². The molecule has 0 saturated heterocycles. The second-order valence-corrected chi connectivity index (χ2v) is 4.06. The summed E-state index contributed by atoms with van der Waals surface area (Å²) in [5, 5.41) is 0. The molecule has 4 heteroatoms. The number of hydrogen-bond donors (Lipinski definition) is 1. The number of carbonyl (C=O) groups is 1. The van der Waals surface area contributed by atoms with Crippen molar-refractivity contribution in [1.82, 2.24) is 9.88 Å². The first-order valence-corrected chi connectivity index (χ1v) is 5.31. The monoisotopic (exact) mass is 218 g/mol. The third kappa shape index (κ3) is 2.21. The summed E-state index contributed by atoms with van der Waals surface area (Å²) in [6.45, 7) is 3.39. The second kappa shape index (κ2) is 4.35. The standard InChI is InChI=1S/C12H14N2O2/c1-9-3-2-6-14(8-9)12(16)10-4-5-13-11(15)7-10/h2-5,7,9H,6,8H2,1H3,(H,13,15). The van der Waals surface area contributed by atoms with Gasteiger partial charge in [0.25, 0.3) is 5.91 Å². The van der Waals surface area contributed by atoms with Crippen LogP contribution < -0.4 is 5.56 Å². The molecule has 1 aromatic heterocycles. The highest BCUT2D eigenvalue weighted by Crippen LogP contribution is 2.11. The average Bonchev–Trinajstić information content (AvgIpc) is 2.28. The highest BCUT2D eigenvalue weighted by Gasteiger charge is 2.18. The van der Waals surface area contributed by atoms with Crippen molar-refractivity contribution in [2.24, 2.45) is 5.92 Å². The molecule has 2 heterocycles. The topological polar surface area (TPSA) is 53.2 Å². The number of aromatic amines is 1. The third-order valence-corrected chi connectivity index (χ3v) is 2.61. The molecule has 1 amide bonds. The number of nitrogens with one attached hydrogen (secondary N) is 1. The van der Waals surface area contributed by atoms with Crippen LogP contribution in [0.15, 0.2) is 35.3 Å². The summed E-state index contributed by atoms with van der Waals surface area (Å²) in [6.07, 6.45) is 5.58. The van der Waals surface area contributed by atoms with Crippen molar-refractivity contribution in [2.75, 3.05) is 13.1 Å². The fourth-order valence-electron chi connectivity index (χ4n) is 1.83. The number of hydrogen-bond acceptors (Lipinski definition) is 2. The average molecular weight is 218 g/mol. The molecule has 0 aliphatic carbocycles. The Balaban J connectivity index is 2.19. The highest BCUT2D eigenvalue weighted by molar-refractivity contribution is 5.94. The van der Waals surface area contributed by atoms with Gasteiger partial charge in [0.05, 0.1) is 0 Å². The van der Waals surface area contributed by atoms with Crippen molar-refractivity contribution in [3.63, 3.8) is 0 Å². The summed E-state index contributed by atoms with van der Waals surface area (Å²) in [7, 11) is 0. The van der Waals surface area contributed by atoms with E-state index in [9.17, 15) is 9.59 Å². The summed E-state index contributed by atoms with van der Waals surface area (Å²) in [5.41, 5.74) is 0.206. The molecule has 0 bridgehead atoms. The van der Waals surface area contributed by atoms with Crippen molar-refractivity contribution < 1.29 is 4.79 Å². The molecule has 1 N–H and O–H groups in total. The van der Waals surface area contributed by atoms with E-state index in [2.05, 4.69) is 18.0 Å². The van der Waals surface area contributed by atoms with Gasteiger partial charge >= 0.3 is 0 Å². The molecule has 1 atom stereocenters. The lowest BCUT2D eigenvalue weighted by Gasteiger charge is -2.27. The zero-order chi connectivity index (χ0) is 11.5. The van der Waals surface area contributed by atoms with Crippen molar-refractivity contribution >= 4 is 5.91 Å². The van der Waals surface area contributed by atoms with Gasteiger partial charge in [-0.05, 0) is 12.0 Å². The Labute approximate surface area is 93.6 Å². The third-order valence-electron chi connectivity index (χ3n) is 2.61. The number of amides is 1. The van der Waals surface area contributed by atoms with Crippen LogP contribution in [0.25, 0.3) is 0 Å². The predicted octanol–water partition coefficient (Wildman–Crippen LogP) is 1.02. The minimum Gasteiger partial charge on any atom is -0.334 e. The Bertz CT molecular complexity index is 476. The summed E-state index contributed by atoms with van der Waals surface area (Å²) in [5.74, 6) is 0.294. The first-order valence-electron chi connectivity index (χ1n) is 5.31. The normalized spacial score (nSPS) is 19.8. The van der Waals surface area contributed by atoms with Gasteiger partial charge in [0.2, 0.25) is 5.56 Å². The van der Waals surface area contributed by atoms with Crippen molar-refractivity contribution in [3.8, 4) is 0 Å². The Morgan fingerprint density at radius 3 is 3.06 bits per heavy atom. The number of carbonyl (C=O) groups excluding carboxylic acids is 1. The van der Waals surface area contributed by atoms with Crippen LogP contribution in [-0.4, -0.2) is 28.9 Å². The molecular weight excluding hydrogens is 204 g/mol. The van der Waals surface area contributed by atoms with Crippen molar-refractivity contribution in [3.05, 3.63) is 46.4 Å². The van der Waals surface area contributed by atoms with E-state index in [-0.39, 0.29) is 11.5 Å². The Hall–Kier alpha value is -1.84. The molecule has 0 fully saturated rings. The van der Waals surface area contributed by atoms with Gasteiger partial charge in [0.15, 0.2) is 0 Å². The smallest absolute Gasteiger partial charge is 0.254 e. The van der Waals surface area contributed by atoms with Gasteiger partial charge in [-0.2, -0.15) is 0 Å². The maximum absolute atomic E-state index is 12.0. The first-order chi connectivity index (χ1) is 7.66. The van der Waals surface area contributed by atoms with E-state index in [1.165, 1.54) is 12.3 Å². The Kier molecular flexibility index (Phi) is 2.90. The summed E-state index contributed by atoms with van der Waals surface area (Å²) < 4.78 is 0. The molecule has 0 saturated carbocycles. The summed E-state index contributed by atoms with van der Waals surface area (Å²) in [4.78, 5) is 27.4. The van der Waals surface area contributed by atoms with Crippen LogP contribution in [0.2, 0.25) is 0 Å². The summed E-state index contributed by atoms with van der Waals surface area (Å²) >= 11 is 0. The van der Waals surface area contributed by atoms with Gasteiger partial charge in [0, 0.05) is 30.9 Å². The van der Waals surface area contributed by atoms with E-state index >= 15 is 0 Å². The number of nitrogens with zero attached hydrogens (tertiary/aromatic N) is 1. The van der Waals surface area contributed by atoms with E-state index in [0.29, 0.717) is 24.6 Å². The first kappa shape index (κ1) is 10.7. The molecule has 16 heavy (non-hydrogen) atoms. The molecule has 0 spiro atoms. The van der Waals surface area contributed by atoms with Crippen LogP contribution >= 0.6 is 0 Å². The number of aromatic nitrogens is 1. The lowest BCUT2D eigenvalue weighted by molar-refractivity contribution is 0.0753. The SMILES string of the molecule is CC1C=CCN(C(=O)c2cc[nH]c(=O)c2)C1. The molecule has 1 aliphatic heterocycles. The van der Waals surface area contributed by atoms with E-state index in [1.54, 1.807) is 11.0 Å². The lowest BCUT2D eigenvalue weighted by Crippen LogP contribution is -2.37. The Morgan fingerprint density at radius 1 is 1.56 bits per heavy atom. The highest BCUT2D eigenvalue weighted by atomic mass is 16.2. The molecule has 1 aromatic rings. The molecule has 84 valence electrons. The lowest BCUT2D eigenvalue weighted by atomic mass is 10.1. The van der Waals surface area contributed by atoms with E-state index in [1.807, 2.05) is 6.08 Å². The van der Waals surface area contributed by atoms with Crippen LogP contribution in [-0.2, 0) is 0 Å². The number of H-pyrrole nitrogens is 1. The summed E-state index contributed by atoms with van der Waals surface area (Å²) in [6, 6.07) is 2.97. The Morgan fingerprint density at radius 2 is 2.38 bits per heavy atom. The fraction of sp³-hybridized carbons (Fsp3) is 0.333. The second-order valence-electron chi connectivity index (χ2n) is 4.06. The zero-order valence-corrected chi connectivity index (χ0v) is 9.14. The molecule has 1 unspecified atom stereocenters. The number of pyridine rings is 1. The molecule has 0 aromatic carbocycles. The van der Waals surface area contributed by atoms with Crippen molar-refractivity contribution in [1.29, 1.82) is 0 Å². The minimum atomic E-state index is -0.244. The van der Waals surface area contributed by atoms with E-state index < -0.39 is 0 Å². The minimum absolute atomic E-state index is 0.0812. The van der Waals surface area contributed by atoms with Gasteiger partial charge in [-0.15, -0.1) is 0 Å².